The Morgan fingerprint density at radius 3 is 2.28 bits per heavy atom. The van der Waals surface area contributed by atoms with Crippen LogP contribution in [0.15, 0.2) is 48.5 Å². The molecule has 0 aliphatic carbocycles. The Morgan fingerprint density at radius 1 is 1.06 bits per heavy atom. The van der Waals surface area contributed by atoms with Crippen LogP contribution in [-0.2, 0) is 0 Å². The van der Waals surface area contributed by atoms with E-state index in [1.807, 2.05) is 44.3 Å². The Morgan fingerprint density at radius 2 is 1.72 bits per heavy atom. The van der Waals surface area contributed by atoms with E-state index in [2.05, 4.69) is 23.1 Å². The second kappa shape index (κ2) is 5.19. The average Bonchev–Trinajstić information content (AvgIpc) is 2.38. The van der Waals surface area contributed by atoms with E-state index in [4.69, 9.17) is 18.0 Å². The molecule has 0 amide bonds. The molecule has 0 saturated heterocycles. The molecule has 0 heterocycles. The van der Waals surface area contributed by atoms with Crippen LogP contribution in [0.1, 0.15) is 11.1 Å². The second-order valence-electron chi connectivity index (χ2n) is 4.26. The van der Waals surface area contributed by atoms with Gasteiger partial charge in [-0.1, -0.05) is 30.4 Å². The van der Waals surface area contributed by atoms with Gasteiger partial charge in [0.2, 0.25) is 0 Å². The zero-order valence-corrected chi connectivity index (χ0v) is 11.4. The maximum absolute atomic E-state index is 5.67. The summed E-state index contributed by atoms with van der Waals surface area (Å²) in [4.78, 5) is 2.58. The van der Waals surface area contributed by atoms with Crippen molar-refractivity contribution in [2.75, 3.05) is 11.9 Å². The van der Waals surface area contributed by atoms with E-state index in [0.717, 1.165) is 22.5 Å². The number of benzene rings is 2. The number of hydrogen-bond acceptors (Lipinski definition) is 2. The van der Waals surface area contributed by atoms with Crippen molar-refractivity contribution in [2.24, 2.45) is 5.73 Å². The summed E-state index contributed by atoms with van der Waals surface area (Å²) in [5.74, 6) is 0. The molecule has 0 unspecified atom stereocenters. The Kier molecular flexibility index (Phi) is 3.63. The van der Waals surface area contributed by atoms with Crippen LogP contribution in [0.5, 0.6) is 0 Å². The van der Waals surface area contributed by atoms with Crippen LogP contribution in [0.4, 0.5) is 11.4 Å². The van der Waals surface area contributed by atoms with E-state index in [9.17, 15) is 0 Å². The molecular formula is C15H16N2S. The van der Waals surface area contributed by atoms with Gasteiger partial charge in [0, 0.05) is 24.0 Å². The van der Waals surface area contributed by atoms with Crippen LogP contribution >= 0.6 is 12.2 Å². The summed E-state index contributed by atoms with van der Waals surface area (Å²) in [6.07, 6.45) is 0. The van der Waals surface area contributed by atoms with Gasteiger partial charge in [-0.05, 0) is 42.8 Å². The summed E-state index contributed by atoms with van der Waals surface area (Å²) in [6.45, 7) is 2.02. The van der Waals surface area contributed by atoms with Gasteiger partial charge in [0.1, 0.15) is 4.99 Å². The summed E-state index contributed by atoms with van der Waals surface area (Å²) >= 11 is 5.02. The van der Waals surface area contributed by atoms with E-state index < -0.39 is 0 Å². The van der Waals surface area contributed by atoms with Gasteiger partial charge < -0.3 is 10.6 Å². The highest BCUT2D eigenvalue weighted by Crippen LogP contribution is 2.25. The second-order valence-corrected chi connectivity index (χ2v) is 4.70. The summed E-state index contributed by atoms with van der Waals surface area (Å²) in [7, 11) is 2.05. The quantitative estimate of drug-likeness (QED) is 0.853. The zero-order valence-electron chi connectivity index (χ0n) is 10.6. The van der Waals surface area contributed by atoms with E-state index in [0.29, 0.717) is 4.99 Å². The van der Waals surface area contributed by atoms with Crippen molar-refractivity contribution in [3.8, 4) is 0 Å². The van der Waals surface area contributed by atoms with Crippen molar-refractivity contribution >= 4 is 28.6 Å². The average molecular weight is 256 g/mol. The fourth-order valence-corrected chi connectivity index (χ4v) is 2.16. The first-order chi connectivity index (χ1) is 8.59. The first kappa shape index (κ1) is 12.6. The fourth-order valence-electron chi connectivity index (χ4n) is 1.93. The molecule has 2 N–H and O–H groups in total. The minimum atomic E-state index is 0.446. The zero-order chi connectivity index (χ0) is 13.1. The summed E-state index contributed by atoms with van der Waals surface area (Å²) < 4.78 is 0. The van der Waals surface area contributed by atoms with Crippen molar-refractivity contribution in [1.82, 2.24) is 0 Å². The lowest BCUT2D eigenvalue weighted by molar-refractivity contribution is 1.20. The molecule has 0 spiro atoms. The first-order valence-corrected chi connectivity index (χ1v) is 6.19. The maximum atomic E-state index is 5.67. The van der Waals surface area contributed by atoms with Gasteiger partial charge in [-0.25, -0.2) is 0 Å². The molecule has 2 aromatic carbocycles. The van der Waals surface area contributed by atoms with Crippen LogP contribution in [0.25, 0.3) is 0 Å². The standard InChI is InChI=1S/C15H16N2S/c1-11-10-13(8-9-14(11)15(16)18)17(2)12-6-4-3-5-7-12/h3-10H,1-2H3,(H2,16,18). The molecule has 0 aliphatic rings. The highest BCUT2D eigenvalue weighted by molar-refractivity contribution is 7.80. The number of aryl methyl sites for hydroxylation is 1. The fraction of sp³-hybridized carbons (Fsp3) is 0.133. The maximum Gasteiger partial charge on any atom is 0.104 e. The van der Waals surface area contributed by atoms with Gasteiger partial charge in [0.25, 0.3) is 0 Å². The number of para-hydroxylation sites is 1. The lowest BCUT2D eigenvalue weighted by Gasteiger charge is -2.20. The van der Waals surface area contributed by atoms with Gasteiger partial charge >= 0.3 is 0 Å². The van der Waals surface area contributed by atoms with Crippen LogP contribution < -0.4 is 10.6 Å². The monoisotopic (exact) mass is 256 g/mol. The van der Waals surface area contributed by atoms with E-state index in [1.165, 1.54) is 0 Å². The van der Waals surface area contributed by atoms with Crippen molar-refractivity contribution in [3.63, 3.8) is 0 Å². The molecule has 0 aliphatic heterocycles. The third-order valence-electron chi connectivity index (χ3n) is 3.01. The van der Waals surface area contributed by atoms with Gasteiger partial charge in [-0.15, -0.1) is 0 Å². The smallest absolute Gasteiger partial charge is 0.104 e. The highest BCUT2D eigenvalue weighted by atomic mass is 32.1. The van der Waals surface area contributed by atoms with Gasteiger partial charge in [-0.2, -0.15) is 0 Å². The molecule has 92 valence electrons. The van der Waals surface area contributed by atoms with Crippen molar-refractivity contribution in [2.45, 2.75) is 6.92 Å². The third-order valence-corrected chi connectivity index (χ3v) is 3.23. The number of anilines is 2. The molecule has 0 radical (unpaired) electrons. The molecular weight excluding hydrogens is 240 g/mol. The molecule has 0 bridgehead atoms. The number of hydrogen-bond donors (Lipinski definition) is 1. The number of nitrogens with zero attached hydrogens (tertiary/aromatic N) is 1. The topological polar surface area (TPSA) is 29.3 Å². The van der Waals surface area contributed by atoms with Crippen molar-refractivity contribution < 1.29 is 0 Å². The number of rotatable bonds is 3. The van der Waals surface area contributed by atoms with E-state index >= 15 is 0 Å². The predicted molar refractivity (Wildman–Crippen MR) is 81.6 cm³/mol. The predicted octanol–water partition coefficient (Wildman–Crippen LogP) is 3.40. The summed E-state index contributed by atoms with van der Waals surface area (Å²) in [5.41, 5.74) is 9.99. The van der Waals surface area contributed by atoms with Gasteiger partial charge in [0.05, 0.1) is 0 Å². The molecule has 0 fully saturated rings. The Balaban J connectivity index is 2.35. The molecule has 2 nitrogen and oxygen atoms in total. The molecule has 0 aromatic heterocycles. The van der Waals surface area contributed by atoms with E-state index in [-0.39, 0.29) is 0 Å². The minimum absolute atomic E-state index is 0.446. The lowest BCUT2D eigenvalue weighted by Crippen LogP contribution is -2.13. The SMILES string of the molecule is Cc1cc(N(C)c2ccccc2)ccc1C(N)=S. The van der Waals surface area contributed by atoms with Gasteiger partial charge in [0.15, 0.2) is 0 Å². The normalized spacial score (nSPS) is 10.1. The lowest BCUT2D eigenvalue weighted by atomic mass is 10.1. The van der Waals surface area contributed by atoms with Crippen LogP contribution in [0.2, 0.25) is 0 Å². The Hall–Kier alpha value is -1.87. The van der Waals surface area contributed by atoms with Crippen LogP contribution in [0.3, 0.4) is 0 Å². The minimum Gasteiger partial charge on any atom is -0.389 e. The molecule has 3 heteroatoms. The number of nitrogens with two attached hydrogens (primary N) is 1. The Bertz CT molecular complexity index is 564. The van der Waals surface area contributed by atoms with Crippen molar-refractivity contribution in [1.29, 1.82) is 0 Å². The molecule has 2 aromatic rings. The third kappa shape index (κ3) is 2.51. The molecule has 0 atom stereocenters. The van der Waals surface area contributed by atoms with E-state index in [1.54, 1.807) is 0 Å². The van der Waals surface area contributed by atoms with Crippen LogP contribution in [0, 0.1) is 6.92 Å². The highest BCUT2D eigenvalue weighted by Gasteiger charge is 2.07. The summed E-state index contributed by atoms with van der Waals surface area (Å²) in [5, 5.41) is 0. The largest absolute Gasteiger partial charge is 0.389 e. The Labute approximate surface area is 113 Å². The molecule has 0 saturated carbocycles. The van der Waals surface area contributed by atoms with Crippen molar-refractivity contribution in [3.05, 3.63) is 59.7 Å². The van der Waals surface area contributed by atoms with Crippen LogP contribution in [-0.4, -0.2) is 12.0 Å². The molecule has 18 heavy (non-hydrogen) atoms. The summed E-state index contributed by atoms with van der Waals surface area (Å²) in [6, 6.07) is 16.3. The molecule has 2 rings (SSSR count). The number of thiocarbonyl (C=S) groups is 1. The van der Waals surface area contributed by atoms with Gasteiger partial charge in [-0.3, -0.25) is 0 Å². The first-order valence-electron chi connectivity index (χ1n) is 5.79.